The number of nitrogens with zero attached hydrogens (tertiary/aromatic N) is 1. The lowest BCUT2D eigenvalue weighted by atomic mass is 9.92. The van der Waals surface area contributed by atoms with Crippen LogP contribution in [0.25, 0.3) is 0 Å². The highest BCUT2D eigenvalue weighted by Crippen LogP contribution is 2.21. The number of carbonyl (C=O) groups excluding carboxylic acids is 1. The number of piperidine rings is 1. The monoisotopic (exact) mass is 242 g/mol. The van der Waals surface area contributed by atoms with Gasteiger partial charge in [0.2, 0.25) is 0 Å². The molecule has 2 N–H and O–H groups in total. The zero-order valence-electron chi connectivity index (χ0n) is 11.2. The van der Waals surface area contributed by atoms with Crippen molar-refractivity contribution in [2.45, 2.75) is 45.6 Å². The molecule has 0 aromatic heterocycles. The maximum atomic E-state index is 11.4. The van der Waals surface area contributed by atoms with Crippen LogP contribution in [0.4, 0.5) is 0 Å². The van der Waals surface area contributed by atoms with Crippen LogP contribution in [-0.4, -0.2) is 43.2 Å². The number of likely N-dealkylation sites (tertiary alicyclic amines) is 1. The van der Waals surface area contributed by atoms with Crippen LogP contribution in [0.15, 0.2) is 0 Å². The summed E-state index contributed by atoms with van der Waals surface area (Å²) in [5.41, 5.74) is 5.81. The fourth-order valence-corrected chi connectivity index (χ4v) is 2.47. The minimum Gasteiger partial charge on any atom is -0.465 e. The van der Waals surface area contributed by atoms with Gasteiger partial charge in [0.05, 0.1) is 6.61 Å². The van der Waals surface area contributed by atoms with Gasteiger partial charge in [0, 0.05) is 6.54 Å². The molecule has 1 atom stereocenters. The summed E-state index contributed by atoms with van der Waals surface area (Å²) in [5.74, 6) is 0.596. The van der Waals surface area contributed by atoms with Gasteiger partial charge in [0.1, 0.15) is 6.04 Å². The number of nitrogens with two attached hydrogens (primary N) is 1. The van der Waals surface area contributed by atoms with Crippen LogP contribution in [0.1, 0.15) is 39.5 Å². The summed E-state index contributed by atoms with van der Waals surface area (Å²) in [6.45, 7) is 7.22. The van der Waals surface area contributed by atoms with Crippen LogP contribution in [0.2, 0.25) is 0 Å². The fraction of sp³-hybridized carbons (Fsp3) is 0.923. The third-order valence-electron chi connectivity index (χ3n) is 3.45. The van der Waals surface area contributed by atoms with Crippen LogP contribution < -0.4 is 5.73 Å². The number of hydrogen-bond donors (Lipinski definition) is 1. The van der Waals surface area contributed by atoms with Gasteiger partial charge in [0.15, 0.2) is 0 Å². The maximum Gasteiger partial charge on any atom is 0.324 e. The molecule has 1 saturated heterocycles. The normalized spacial score (nSPS) is 20.2. The highest BCUT2D eigenvalue weighted by molar-refractivity contribution is 5.75. The maximum absolute atomic E-state index is 11.4. The second kappa shape index (κ2) is 7.67. The highest BCUT2D eigenvalue weighted by atomic mass is 16.5. The van der Waals surface area contributed by atoms with Gasteiger partial charge in [-0.1, -0.05) is 19.8 Å². The molecular formula is C13H26N2O2. The first-order chi connectivity index (χ1) is 8.17. The minimum absolute atomic E-state index is 0.275. The number of rotatable bonds is 6. The molecule has 0 saturated carbocycles. The van der Waals surface area contributed by atoms with E-state index in [-0.39, 0.29) is 5.97 Å². The molecule has 1 heterocycles. The summed E-state index contributed by atoms with van der Waals surface area (Å²) in [5, 5.41) is 0. The first-order valence-electron chi connectivity index (χ1n) is 6.81. The molecule has 0 radical (unpaired) electrons. The molecule has 0 aromatic rings. The first kappa shape index (κ1) is 14.5. The van der Waals surface area contributed by atoms with E-state index in [2.05, 4.69) is 11.8 Å². The van der Waals surface area contributed by atoms with Gasteiger partial charge in [-0.2, -0.15) is 0 Å². The third kappa shape index (κ3) is 5.04. The van der Waals surface area contributed by atoms with Crippen LogP contribution in [-0.2, 0) is 9.53 Å². The molecule has 1 fully saturated rings. The van der Waals surface area contributed by atoms with Crippen LogP contribution >= 0.6 is 0 Å². The molecule has 0 bridgehead atoms. The van der Waals surface area contributed by atoms with E-state index in [0.717, 1.165) is 19.0 Å². The van der Waals surface area contributed by atoms with Gasteiger partial charge in [-0.3, -0.25) is 4.79 Å². The molecule has 4 heteroatoms. The fourth-order valence-electron chi connectivity index (χ4n) is 2.47. The van der Waals surface area contributed by atoms with Crippen molar-refractivity contribution in [3.05, 3.63) is 0 Å². The quantitative estimate of drug-likeness (QED) is 0.715. The van der Waals surface area contributed by atoms with E-state index in [9.17, 15) is 4.79 Å². The second-order valence-corrected chi connectivity index (χ2v) is 4.89. The van der Waals surface area contributed by atoms with Crippen molar-refractivity contribution in [2.75, 3.05) is 26.2 Å². The van der Waals surface area contributed by atoms with E-state index < -0.39 is 6.04 Å². The number of hydrogen-bond acceptors (Lipinski definition) is 4. The van der Waals surface area contributed by atoms with Gasteiger partial charge in [-0.15, -0.1) is 0 Å². The van der Waals surface area contributed by atoms with E-state index in [1.807, 2.05) is 0 Å². The third-order valence-corrected chi connectivity index (χ3v) is 3.45. The Morgan fingerprint density at radius 2 is 2.06 bits per heavy atom. The summed E-state index contributed by atoms with van der Waals surface area (Å²) in [4.78, 5) is 13.7. The lowest BCUT2D eigenvalue weighted by Crippen LogP contribution is -2.46. The van der Waals surface area contributed by atoms with Crippen LogP contribution in [0, 0.1) is 5.92 Å². The van der Waals surface area contributed by atoms with Gasteiger partial charge >= 0.3 is 5.97 Å². The number of esters is 1. The molecule has 4 nitrogen and oxygen atoms in total. The molecule has 0 aromatic carbocycles. The molecule has 1 unspecified atom stereocenters. The molecule has 1 rings (SSSR count). The van der Waals surface area contributed by atoms with E-state index >= 15 is 0 Å². The van der Waals surface area contributed by atoms with Crippen molar-refractivity contribution in [1.82, 2.24) is 4.90 Å². The van der Waals surface area contributed by atoms with Crippen molar-refractivity contribution in [2.24, 2.45) is 11.7 Å². The summed E-state index contributed by atoms with van der Waals surface area (Å²) in [7, 11) is 0. The highest BCUT2D eigenvalue weighted by Gasteiger charge is 2.23. The lowest BCUT2D eigenvalue weighted by Gasteiger charge is -2.32. The summed E-state index contributed by atoms with van der Waals surface area (Å²) >= 11 is 0. The SMILES string of the molecule is CCCC1CCN(CC(N)C(=O)OCC)CC1. The Morgan fingerprint density at radius 1 is 1.41 bits per heavy atom. The Bertz CT molecular complexity index is 225. The first-order valence-corrected chi connectivity index (χ1v) is 6.81. The predicted octanol–water partition coefficient (Wildman–Crippen LogP) is 1.39. The summed E-state index contributed by atoms with van der Waals surface area (Å²) in [6.07, 6.45) is 5.08. The second-order valence-electron chi connectivity index (χ2n) is 4.89. The van der Waals surface area contributed by atoms with E-state index in [1.165, 1.54) is 25.7 Å². The van der Waals surface area contributed by atoms with Gasteiger partial charge < -0.3 is 15.4 Å². The Morgan fingerprint density at radius 3 is 2.59 bits per heavy atom. The van der Waals surface area contributed by atoms with Crippen molar-refractivity contribution in [1.29, 1.82) is 0 Å². The number of carbonyl (C=O) groups is 1. The van der Waals surface area contributed by atoms with Crippen LogP contribution in [0.5, 0.6) is 0 Å². The smallest absolute Gasteiger partial charge is 0.324 e. The lowest BCUT2D eigenvalue weighted by molar-refractivity contribution is -0.145. The largest absolute Gasteiger partial charge is 0.465 e. The van der Waals surface area contributed by atoms with Gasteiger partial charge in [0.25, 0.3) is 0 Å². The van der Waals surface area contributed by atoms with E-state index in [0.29, 0.717) is 13.2 Å². The average molecular weight is 242 g/mol. The van der Waals surface area contributed by atoms with Crippen molar-refractivity contribution >= 4 is 5.97 Å². The van der Waals surface area contributed by atoms with Gasteiger partial charge in [-0.05, 0) is 38.8 Å². The predicted molar refractivity (Wildman–Crippen MR) is 68.7 cm³/mol. The Labute approximate surface area is 104 Å². The van der Waals surface area contributed by atoms with Crippen molar-refractivity contribution in [3.63, 3.8) is 0 Å². The minimum atomic E-state index is -0.488. The Hall–Kier alpha value is -0.610. The summed E-state index contributed by atoms with van der Waals surface area (Å²) < 4.78 is 4.91. The molecule has 1 aliphatic rings. The van der Waals surface area contributed by atoms with Gasteiger partial charge in [-0.25, -0.2) is 0 Å². The van der Waals surface area contributed by atoms with Crippen molar-refractivity contribution in [3.8, 4) is 0 Å². The zero-order valence-corrected chi connectivity index (χ0v) is 11.2. The van der Waals surface area contributed by atoms with E-state index in [1.54, 1.807) is 6.92 Å². The molecular weight excluding hydrogens is 216 g/mol. The van der Waals surface area contributed by atoms with E-state index in [4.69, 9.17) is 10.5 Å². The molecule has 0 spiro atoms. The number of ether oxygens (including phenoxy) is 1. The Kier molecular flexibility index (Phi) is 6.52. The van der Waals surface area contributed by atoms with Crippen molar-refractivity contribution < 1.29 is 9.53 Å². The molecule has 100 valence electrons. The Balaban J connectivity index is 2.23. The van der Waals surface area contributed by atoms with Crippen LogP contribution in [0.3, 0.4) is 0 Å². The summed E-state index contributed by atoms with van der Waals surface area (Å²) in [6, 6.07) is -0.488. The molecule has 0 amide bonds. The standard InChI is InChI=1S/C13H26N2O2/c1-3-5-11-6-8-15(9-7-11)10-12(14)13(16)17-4-2/h11-12H,3-10,14H2,1-2H3. The average Bonchev–Trinajstić information content (AvgIpc) is 2.32. The molecule has 0 aliphatic carbocycles. The zero-order chi connectivity index (χ0) is 12.7. The molecule has 1 aliphatic heterocycles. The molecule has 17 heavy (non-hydrogen) atoms. The topological polar surface area (TPSA) is 55.6 Å².